The molecule has 10 heteroatoms. The predicted molar refractivity (Wildman–Crippen MR) is 191 cm³/mol. The highest BCUT2D eigenvalue weighted by Crippen LogP contribution is 2.13. The van der Waals surface area contributed by atoms with Gasteiger partial charge in [0.05, 0.1) is 37.8 Å². The van der Waals surface area contributed by atoms with Crippen molar-refractivity contribution in [2.24, 2.45) is 0 Å². The Morgan fingerprint density at radius 2 is 0.771 bits per heavy atom. The Labute approximate surface area is 286 Å². The first-order chi connectivity index (χ1) is 23.3. The fourth-order valence-electron chi connectivity index (χ4n) is 5.92. The number of rotatable bonds is 12. The van der Waals surface area contributed by atoms with Crippen molar-refractivity contribution >= 4 is 17.7 Å². The smallest absolute Gasteiger partial charge is 0.234 e. The van der Waals surface area contributed by atoms with E-state index in [-0.39, 0.29) is 55.5 Å². The molecule has 0 bridgehead atoms. The first-order valence-electron chi connectivity index (χ1n) is 17.2. The summed E-state index contributed by atoms with van der Waals surface area (Å²) in [6.45, 7) is 12.0. The number of nitrogens with zero attached hydrogens (tertiary/aromatic N) is 3. The molecular formula is C38H53N7O3. The Bertz CT molecular complexity index is 1320. The molecule has 0 unspecified atom stereocenters. The summed E-state index contributed by atoms with van der Waals surface area (Å²) in [5.41, 5.74) is 3.18. The second-order valence-corrected chi connectivity index (χ2v) is 12.7. The van der Waals surface area contributed by atoms with Crippen LogP contribution in [0.1, 0.15) is 55.6 Å². The van der Waals surface area contributed by atoms with Crippen LogP contribution in [0.2, 0.25) is 0 Å². The van der Waals surface area contributed by atoms with Gasteiger partial charge in [0.25, 0.3) is 0 Å². The van der Waals surface area contributed by atoms with E-state index in [1.165, 1.54) is 0 Å². The van der Waals surface area contributed by atoms with Gasteiger partial charge in [-0.2, -0.15) is 0 Å². The summed E-state index contributed by atoms with van der Waals surface area (Å²) in [4.78, 5) is 45.9. The third kappa shape index (κ3) is 12.8. The third-order valence-corrected chi connectivity index (χ3v) is 8.81. The van der Waals surface area contributed by atoms with Crippen LogP contribution >= 0.6 is 0 Å². The number of hydrogen-bond donors (Lipinski definition) is 4. The Hall–Kier alpha value is -4.09. The number of benzene rings is 3. The highest BCUT2D eigenvalue weighted by molar-refractivity contribution is 5.79. The molecule has 0 spiro atoms. The Morgan fingerprint density at radius 3 is 1.06 bits per heavy atom. The Kier molecular flexibility index (Phi) is 15.1. The van der Waals surface area contributed by atoms with Crippen LogP contribution in [0.4, 0.5) is 0 Å². The van der Waals surface area contributed by atoms with Crippen LogP contribution in [0.15, 0.2) is 91.0 Å². The minimum Gasteiger partial charge on any atom is -0.348 e. The first-order valence-corrected chi connectivity index (χ1v) is 17.2. The van der Waals surface area contributed by atoms with Crippen molar-refractivity contribution in [3.63, 3.8) is 0 Å². The van der Waals surface area contributed by atoms with E-state index in [1.807, 2.05) is 112 Å². The standard InChI is InChI=1S/C38H53N7O3/c1-30(33-13-7-4-8-14-33)40-36(46)27-43-21-19-39-20-22-44(28-37(47)41-31(2)34-15-9-5-10-16-34)24-26-45(25-23-43)29-38(48)42-32(3)35-17-11-6-12-18-35/h4-18,30-32,39H,19-29H2,1-3H3,(H,40,46)(H,41,47)(H,42,48)/t30-,31-,32-/m1/s1. The molecule has 0 radical (unpaired) electrons. The molecule has 1 fully saturated rings. The molecule has 258 valence electrons. The van der Waals surface area contributed by atoms with Crippen molar-refractivity contribution in [1.29, 1.82) is 0 Å². The second kappa shape index (κ2) is 19.7. The summed E-state index contributed by atoms with van der Waals surface area (Å²) in [5, 5.41) is 12.9. The first kappa shape index (κ1) is 36.7. The fraction of sp³-hybridized carbons (Fsp3) is 0.447. The molecule has 0 saturated carbocycles. The van der Waals surface area contributed by atoms with Crippen LogP contribution < -0.4 is 21.3 Å². The topological polar surface area (TPSA) is 109 Å². The van der Waals surface area contributed by atoms with Gasteiger partial charge in [0.2, 0.25) is 17.7 Å². The van der Waals surface area contributed by atoms with Gasteiger partial charge in [-0.3, -0.25) is 29.1 Å². The quantitative estimate of drug-likeness (QED) is 0.238. The van der Waals surface area contributed by atoms with Crippen molar-refractivity contribution in [1.82, 2.24) is 36.0 Å². The number of hydrogen-bond acceptors (Lipinski definition) is 7. The predicted octanol–water partition coefficient (Wildman–Crippen LogP) is 3.13. The van der Waals surface area contributed by atoms with Gasteiger partial charge in [-0.1, -0.05) is 91.0 Å². The molecule has 1 aliphatic heterocycles. The van der Waals surface area contributed by atoms with Crippen LogP contribution in [-0.4, -0.2) is 104 Å². The zero-order valence-corrected chi connectivity index (χ0v) is 28.7. The molecular weight excluding hydrogens is 602 g/mol. The van der Waals surface area contributed by atoms with Crippen molar-refractivity contribution in [2.75, 3.05) is 72.0 Å². The van der Waals surface area contributed by atoms with E-state index in [1.54, 1.807) is 0 Å². The van der Waals surface area contributed by atoms with E-state index in [2.05, 4.69) is 36.0 Å². The lowest BCUT2D eigenvalue weighted by Crippen LogP contribution is -2.50. The molecule has 0 aliphatic carbocycles. The van der Waals surface area contributed by atoms with Crippen LogP contribution in [0, 0.1) is 0 Å². The Balaban J connectivity index is 1.38. The normalized spacial score (nSPS) is 17.6. The molecule has 4 N–H and O–H groups in total. The van der Waals surface area contributed by atoms with Gasteiger partial charge in [-0.25, -0.2) is 0 Å². The highest BCUT2D eigenvalue weighted by atomic mass is 16.2. The van der Waals surface area contributed by atoms with Crippen LogP contribution in [0.25, 0.3) is 0 Å². The summed E-state index contributed by atoms with van der Waals surface area (Å²) in [7, 11) is 0. The monoisotopic (exact) mass is 655 g/mol. The lowest BCUT2D eigenvalue weighted by Gasteiger charge is -2.31. The molecule has 1 aliphatic rings. The molecule has 10 nitrogen and oxygen atoms in total. The lowest BCUT2D eigenvalue weighted by atomic mass is 10.1. The highest BCUT2D eigenvalue weighted by Gasteiger charge is 2.21. The van der Waals surface area contributed by atoms with Crippen molar-refractivity contribution in [3.05, 3.63) is 108 Å². The van der Waals surface area contributed by atoms with Crippen molar-refractivity contribution in [2.45, 2.75) is 38.9 Å². The van der Waals surface area contributed by atoms with Gasteiger partial charge in [0, 0.05) is 52.4 Å². The maximum absolute atomic E-state index is 13.3. The van der Waals surface area contributed by atoms with E-state index in [9.17, 15) is 14.4 Å². The minimum atomic E-state index is -0.115. The SMILES string of the molecule is C[C@@H](NC(=O)CN1CCNCCN(CC(=O)N[C@H](C)c2ccccc2)CCN(CC(=O)N[C@H](C)c2ccccc2)CC1)c1ccccc1. The van der Waals surface area contributed by atoms with Crippen molar-refractivity contribution in [3.8, 4) is 0 Å². The van der Waals surface area contributed by atoms with Gasteiger partial charge < -0.3 is 21.3 Å². The second-order valence-electron chi connectivity index (χ2n) is 12.7. The lowest BCUT2D eigenvalue weighted by molar-refractivity contribution is -0.125. The maximum Gasteiger partial charge on any atom is 0.234 e. The molecule has 1 heterocycles. The minimum absolute atomic E-state index is 0.0265. The molecule has 3 aromatic rings. The van der Waals surface area contributed by atoms with Crippen molar-refractivity contribution < 1.29 is 14.4 Å². The van der Waals surface area contributed by atoms with E-state index in [0.29, 0.717) is 52.4 Å². The molecule has 48 heavy (non-hydrogen) atoms. The van der Waals surface area contributed by atoms with Gasteiger partial charge in [0.1, 0.15) is 0 Å². The van der Waals surface area contributed by atoms with Gasteiger partial charge >= 0.3 is 0 Å². The zero-order valence-electron chi connectivity index (χ0n) is 28.7. The van der Waals surface area contributed by atoms with Crippen LogP contribution in [0.3, 0.4) is 0 Å². The zero-order chi connectivity index (χ0) is 34.1. The summed E-state index contributed by atoms with van der Waals surface area (Å²) in [6, 6.07) is 29.6. The summed E-state index contributed by atoms with van der Waals surface area (Å²) < 4.78 is 0. The number of amides is 3. The molecule has 3 aromatic carbocycles. The Morgan fingerprint density at radius 1 is 0.500 bits per heavy atom. The van der Waals surface area contributed by atoms with Gasteiger partial charge in [-0.05, 0) is 37.5 Å². The number of carbonyl (C=O) groups excluding carboxylic acids is 3. The largest absolute Gasteiger partial charge is 0.348 e. The number of carbonyl (C=O) groups is 3. The number of nitrogens with one attached hydrogen (secondary N) is 4. The summed E-state index contributed by atoms with van der Waals surface area (Å²) in [6.07, 6.45) is 0. The van der Waals surface area contributed by atoms with Gasteiger partial charge in [-0.15, -0.1) is 0 Å². The summed E-state index contributed by atoms with van der Waals surface area (Å²) in [5.74, 6) is -0.107. The fourth-order valence-corrected chi connectivity index (χ4v) is 5.92. The third-order valence-electron chi connectivity index (χ3n) is 8.81. The van der Waals surface area contributed by atoms with Gasteiger partial charge in [0.15, 0.2) is 0 Å². The summed E-state index contributed by atoms with van der Waals surface area (Å²) >= 11 is 0. The molecule has 1 saturated heterocycles. The van der Waals surface area contributed by atoms with E-state index >= 15 is 0 Å². The average Bonchev–Trinajstić information content (AvgIpc) is 3.09. The van der Waals surface area contributed by atoms with E-state index < -0.39 is 0 Å². The van der Waals surface area contributed by atoms with E-state index in [0.717, 1.165) is 16.7 Å². The molecule has 4 rings (SSSR count). The molecule has 0 aromatic heterocycles. The van der Waals surface area contributed by atoms with Crippen LogP contribution in [-0.2, 0) is 14.4 Å². The van der Waals surface area contributed by atoms with Crippen LogP contribution in [0.5, 0.6) is 0 Å². The average molecular weight is 656 g/mol. The van der Waals surface area contributed by atoms with E-state index in [4.69, 9.17) is 0 Å². The molecule has 3 atom stereocenters. The maximum atomic E-state index is 13.3. The molecule has 3 amide bonds.